The highest BCUT2D eigenvalue weighted by atomic mass is 16.3. The van der Waals surface area contributed by atoms with Crippen LogP contribution in [0.3, 0.4) is 0 Å². The molecule has 0 saturated carbocycles. The van der Waals surface area contributed by atoms with Crippen molar-refractivity contribution in [2.45, 2.75) is 13.8 Å². The Kier molecular flexibility index (Phi) is 2.99. The predicted molar refractivity (Wildman–Crippen MR) is 78.5 cm³/mol. The Labute approximate surface area is 116 Å². The van der Waals surface area contributed by atoms with Gasteiger partial charge >= 0.3 is 0 Å². The highest BCUT2D eigenvalue weighted by Gasteiger charge is 2.09. The molecule has 20 heavy (non-hydrogen) atoms. The quantitative estimate of drug-likeness (QED) is 0.768. The highest BCUT2D eigenvalue weighted by Crippen LogP contribution is 2.26. The molecule has 0 aliphatic carbocycles. The molecule has 0 radical (unpaired) electrons. The zero-order valence-electron chi connectivity index (χ0n) is 11.3. The van der Waals surface area contributed by atoms with Crippen LogP contribution in [0.15, 0.2) is 46.9 Å². The first-order chi connectivity index (χ1) is 9.61. The molecule has 0 unspecified atom stereocenters. The fourth-order valence-corrected chi connectivity index (χ4v) is 2.03. The Hall–Kier alpha value is -2.62. The molecular weight excluding hydrogens is 252 g/mol. The fourth-order valence-electron chi connectivity index (χ4n) is 2.03. The zero-order chi connectivity index (χ0) is 14.1. The van der Waals surface area contributed by atoms with Crippen LogP contribution < -0.4 is 5.32 Å². The van der Waals surface area contributed by atoms with Crippen LogP contribution in [-0.2, 0) is 4.79 Å². The van der Waals surface area contributed by atoms with Gasteiger partial charge in [0, 0.05) is 24.2 Å². The lowest BCUT2D eigenvalue weighted by Gasteiger charge is -1.99. The maximum Gasteiger partial charge on any atom is 0.227 e. The standard InChI is InChI=1S/C16H14N2O2/c1-10-3-5-12(6-4-10)16-18-14-8-7-13(17-11(2)19)9-15(14)20-16/h3-9H,1-2H3,(H,17,19). The maximum atomic E-state index is 11.1. The molecular formula is C16H14N2O2. The maximum absolute atomic E-state index is 11.1. The van der Waals surface area contributed by atoms with Gasteiger partial charge in [0.05, 0.1) is 0 Å². The zero-order valence-corrected chi connectivity index (χ0v) is 11.3. The molecule has 1 N–H and O–H groups in total. The number of hydrogen-bond acceptors (Lipinski definition) is 3. The van der Waals surface area contributed by atoms with Crippen LogP contribution in [0.1, 0.15) is 12.5 Å². The number of benzene rings is 2. The smallest absolute Gasteiger partial charge is 0.227 e. The number of carbonyl (C=O) groups excluding carboxylic acids is 1. The Bertz CT molecular complexity index is 773. The normalized spacial score (nSPS) is 10.7. The summed E-state index contributed by atoms with van der Waals surface area (Å²) in [4.78, 5) is 15.5. The van der Waals surface area contributed by atoms with Crippen molar-refractivity contribution in [2.75, 3.05) is 5.32 Å². The molecule has 4 nitrogen and oxygen atoms in total. The van der Waals surface area contributed by atoms with E-state index in [9.17, 15) is 4.79 Å². The summed E-state index contributed by atoms with van der Waals surface area (Å²) in [6.45, 7) is 3.51. The molecule has 0 bridgehead atoms. The van der Waals surface area contributed by atoms with Crippen LogP contribution in [0, 0.1) is 6.92 Å². The van der Waals surface area contributed by atoms with Crippen LogP contribution in [-0.4, -0.2) is 10.9 Å². The summed E-state index contributed by atoms with van der Waals surface area (Å²) < 4.78 is 5.75. The number of nitrogens with zero attached hydrogens (tertiary/aromatic N) is 1. The Morgan fingerprint density at radius 2 is 1.90 bits per heavy atom. The van der Waals surface area contributed by atoms with Crippen LogP contribution >= 0.6 is 0 Å². The SMILES string of the molecule is CC(=O)Nc1ccc2nc(-c3ccc(C)cc3)oc2c1. The minimum absolute atomic E-state index is 0.109. The summed E-state index contributed by atoms with van der Waals surface area (Å²) >= 11 is 0. The first-order valence-corrected chi connectivity index (χ1v) is 6.37. The number of aromatic nitrogens is 1. The summed E-state index contributed by atoms with van der Waals surface area (Å²) in [5.74, 6) is 0.475. The average molecular weight is 266 g/mol. The van der Waals surface area contributed by atoms with Crippen molar-refractivity contribution in [3.63, 3.8) is 0 Å². The number of fused-ring (bicyclic) bond motifs is 1. The van der Waals surface area contributed by atoms with Crippen molar-refractivity contribution in [2.24, 2.45) is 0 Å². The van der Waals surface area contributed by atoms with Gasteiger partial charge in [0.15, 0.2) is 5.58 Å². The average Bonchev–Trinajstić information content (AvgIpc) is 2.81. The molecule has 2 aromatic carbocycles. The van der Waals surface area contributed by atoms with Crippen molar-refractivity contribution in [1.29, 1.82) is 0 Å². The number of anilines is 1. The Balaban J connectivity index is 2.01. The van der Waals surface area contributed by atoms with E-state index in [-0.39, 0.29) is 5.91 Å². The molecule has 0 aliphatic rings. The molecule has 1 heterocycles. The van der Waals surface area contributed by atoms with E-state index in [1.54, 1.807) is 6.07 Å². The van der Waals surface area contributed by atoms with Gasteiger partial charge in [-0.05, 0) is 31.2 Å². The van der Waals surface area contributed by atoms with E-state index < -0.39 is 0 Å². The third-order valence-corrected chi connectivity index (χ3v) is 3.01. The number of hydrogen-bond donors (Lipinski definition) is 1. The van der Waals surface area contributed by atoms with Gasteiger partial charge in [0.25, 0.3) is 0 Å². The van der Waals surface area contributed by atoms with Gasteiger partial charge in [-0.15, -0.1) is 0 Å². The van der Waals surface area contributed by atoms with Crippen LogP contribution in [0.25, 0.3) is 22.6 Å². The van der Waals surface area contributed by atoms with Crippen molar-refractivity contribution in [3.8, 4) is 11.5 Å². The van der Waals surface area contributed by atoms with Gasteiger partial charge in [-0.25, -0.2) is 4.98 Å². The molecule has 0 aliphatic heterocycles. The molecule has 1 aromatic heterocycles. The third kappa shape index (κ3) is 2.40. The number of carbonyl (C=O) groups is 1. The molecule has 3 rings (SSSR count). The first kappa shape index (κ1) is 12.4. The molecule has 0 saturated heterocycles. The molecule has 1 amide bonds. The Morgan fingerprint density at radius 3 is 2.60 bits per heavy atom. The molecule has 4 heteroatoms. The van der Waals surface area contributed by atoms with Crippen molar-refractivity contribution < 1.29 is 9.21 Å². The third-order valence-electron chi connectivity index (χ3n) is 3.01. The lowest BCUT2D eigenvalue weighted by Crippen LogP contribution is -2.05. The minimum atomic E-state index is -0.109. The number of amides is 1. The highest BCUT2D eigenvalue weighted by molar-refractivity contribution is 5.91. The Morgan fingerprint density at radius 1 is 1.15 bits per heavy atom. The second-order valence-corrected chi connectivity index (χ2v) is 4.75. The molecule has 0 atom stereocenters. The van der Waals surface area contributed by atoms with E-state index >= 15 is 0 Å². The van der Waals surface area contributed by atoms with Crippen molar-refractivity contribution >= 4 is 22.7 Å². The first-order valence-electron chi connectivity index (χ1n) is 6.37. The van der Waals surface area contributed by atoms with Crippen LogP contribution in [0.4, 0.5) is 5.69 Å². The van der Waals surface area contributed by atoms with Crippen LogP contribution in [0.2, 0.25) is 0 Å². The van der Waals surface area contributed by atoms with Gasteiger partial charge in [-0.1, -0.05) is 17.7 Å². The van der Waals surface area contributed by atoms with Gasteiger partial charge in [0.2, 0.25) is 11.8 Å². The number of aryl methyl sites for hydroxylation is 1. The van der Waals surface area contributed by atoms with Gasteiger partial charge in [-0.2, -0.15) is 0 Å². The second-order valence-electron chi connectivity index (χ2n) is 4.75. The summed E-state index contributed by atoms with van der Waals surface area (Å²) in [6.07, 6.45) is 0. The molecule has 0 spiro atoms. The number of nitrogens with one attached hydrogen (secondary N) is 1. The van der Waals surface area contributed by atoms with Crippen molar-refractivity contribution in [3.05, 3.63) is 48.0 Å². The lowest BCUT2D eigenvalue weighted by molar-refractivity contribution is -0.114. The van der Waals surface area contributed by atoms with E-state index in [4.69, 9.17) is 4.42 Å². The summed E-state index contributed by atoms with van der Waals surface area (Å²) in [6, 6.07) is 13.4. The van der Waals surface area contributed by atoms with E-state index in [0.717, 1.165) is 11.1 Å². The topological polar surface area (TPSA) is 55.1 Å². The minimum Gasteiger partial charge on any atom is -0.436 e. The molecule has 3 aromatic rings. The summed E-state index contributed by atoms with van der Waals surface area (Å²) in [5, 5.41) is 2.73. The van der Waals surface area contributed by atoms with E-state index in [0.29, 0.717) is 17.2 Å². The fraction of sp³-hybridized carbons (Fsp3) is 0.125. The van der Waals surface area contributed by atoms with Crippen molar-refractivity contribution in [1.82, 2.24) is 4.98 Å². The summed E-state index contributed by atoms with van der Waals surface area (Å²) in [5.41, 5.74) is 4.27. The van der Waals surface area contributed by atoms with Gasteiger partial charge < -0.3 is 9.73 Å². The van der Waals surface area contributed by atoms with E-state index in [2.05, 4.69) is 10.3 Å². The van der Waals surface area contributed by atoms with Gasteiger partial charge in [0.1, 0.15) is 5.52 Å². The lowest BCUT2D eigenvalue weighted by atomic mass is 10.1. The molecule has 100 valence electrons. The number of rotatable bonds is 2. The van der Waals surface area contributed by atoms with E-state index in [1.165, 1.54) is 12.5 Å². The predicted octanol–water partition coefficient (Wildman–Crippen LogP) is 3.76. The van der Waals surface area contributed by atoms with Crippen LogP contribution in [0.5, 0.6) is 0 Å². The van der Waals surface area contributed by atoms with E-state index in [1.807, 2.05) is 43.3 Å². The van der Waals surface area contributed by atoms with Gasteiger partial charge in [-0.3, -0.25) is 4.79 Å². The second kappa shape index (κ2) is 4.81. The molecule has 0 fully saturated rings. The monoisotopic (exact) mass is 266 g/mol. The summed E-state index contributed by atoms with van der Waals surface area (Å²) in [7, 11) is 0. The largest absolute Gasteiger partial charge is 0.436 e. The number of oxazole rings is 1.